The molecule has 2 heterocycles. The summed E-state index contributed by atoms with van der Waals surface area (Å²) in [5.41, 5.74) is 2.31. The highest BCUT2D eigenvalue weighted by atomic mass is 35.5. The van der Waals surface area contributed by atoms with E-state index >= 15 is 0 Å². The van der Waals surface area contributed by atoms with E-state index < -0.39 is 0 Å². The average Bonchev–Trinajstić information content (AvgIpc) is 2.95. The molecule has 1 aliphatic rings. The zero-order valence-electron chi connectivity index (χ0n) is 13.3. The van der Waals surface area contributed by atoms with Crippen molar-refractivity contribution in [3.05, 3.63) is 41.2 Å². The number of nitrogens with one attached hydrogen (secondary N) is 1. The van der Waals surface area contributed by atoms with Crippen LogP contribution in [0.25, 0.3) is 0 Å². The number of amides is 2. The minimum Gasteiger partial charge on any atom is -0.318 e. The molecule has 7 nitrogen and oxygen atoms in total. The molecule has 0 unspecified atom stereocenters. The Morgan fingerprint density at radius 3 is 2.79 bits per heavy atom. The molecule has 0 aliphatic carbocycles. The maximum absolute atomic E-state index is 12.3. The van der Waals surface area contributed by atoms with Crippen molar-refractivity contribution in [3.63, 3.8) is 0 Å². The van der Waals surface area contributed by atoms with Crippen molar-refractivity contribution in [2.24, 2.45) is 12.1 Å². The maximum atomic E-state index is 12.3. The number of rotatable bonds is 3. The molecule has 2 amide bonds. The molecule has 0 radical (unpaired) electrons. The summed E-state index contributed by atoms with van der Waals surface area (Å²) in [6.07, 6.45) is 3.74. The van der Waals surface area contributed by atoms with Gasteiger partial charge in [0.15, 0.2) is 0 Å². The monoisotopic (exact) mass is 345 g/mol. The molecule has 3 rings (SSSR count). The number of anilines is 2. The van der Waals surface area contributed by atoms with Crippen LogP contribution in [-0.4, -0.2) is 27.3 Å². The Morgan fingerprint density at radius 2 is 2.12 bits per heavy atom. The molecule has 0 fully saturated rings. The molecular weight excluding hydrogens is 330 g/mol. The fourth-order valence-electron chi connectivity index (χ4n) is 2.32. The van der Waals surface area contributed by atoms with E-state index in [-0.39, 0.29) is 23.9 Å². The van der Waals surface area contributed by atoms with Crippen molar-refractivity contribution in [2.45, 2.75) is 19.8 Å². The Bertz CT molecular complexity index is 843. The van der Waals surface area contributed by atoms with Gasteiger partial charge in [0, 0.05) is 31.1 Å². The van der Waals surface area contributed by atoms with Crippen LogP contribution in [0.15, 0.2) is 35.7 Å². The first-order valence-electron chi connectivity index (χ1n) is 7.40. The number of carbonyl (C=O) groups excluding carboxylic acids is 2. The number of aromatic nitrogens is 2. The Balaban J connectivity index is 1.84. The van der Waals surface area contributed by atoms with Crippen LogP contribution >= 0.6 is 11.6 Å². The van der Waals surface area contributed by atoms with Gasteiger partial charge in [-0.1, -0.05) is 17.7 Å². The largest absolute Gasteiger partial charge is 0.318 e. The molecule has 124 valence electrons. The second-order valence-electron chi connectivity index (χ2n) is 5.54. The average molecular weight is 346 g/mol. The second-order valence-corrected chi connectivity index (χ2v) is 5.95. The number of carbonyl (C=O) groups is 2. The molecule has 0 saturated carbocycles. The minimum absolute atomic E-state index is 0.173. The van der Waals surface area contributed by atoms with Gasteiger partial charge < -0.3 is 5.32 Å². The van der Waals surface area contributed by atoms with Crippen LogP contribution in [0.4, 0.5) is 11.4 Å². The third-order valence-corrected chi connectivity index (χ3v) is 4.06. The lowest BCUT2D eigenvalue weighted by Gasteiger charge is -2.23. The summed E-state index contributed by atoms with van der Waals surface area (Å²) in [5.74, 6) is -0.522. The molecule has 0 spiro atoms. The van der Waals surface area contributed by atoms with Gasteiger partial charge in [-0.25, -0.2) is 5.01 Å². The van der Waals surface area contributed by atoms with Crippen molar-refractivity contribution in [1.29, 1.82) is 0 Å². The third-order valence-electron chi connectivity index (χ3n) is 3.66. The van der Waals surface area contributed by atoms with Gasteiger partial charge in [-0.15, -0.1) is 0 Å². The van der Waals surface area contributed by atoms with E-state index in [1.807, 2.05) is 13.0 Å². The number of nitrogens with zero attached hydrogens (tertiary/aromatic N) is 4. The molecular formula is C16H16ClN5O2. The zero-order chi connectivity index (χ0) is 17.3. The van der Waals surface area contributed by atoms with Gasteiger partial charge in [0.05, 0.1) is 17.6 Å². The topological polar surface area (TPSA) is 79.6 Å². The van der Waals surface area contributed by atoms with Crippen LogP contribution in [0.2, 0.25) is 5.02 Å². The molecule has 1 aromatic heterocycles. The lowest BCUT2D eigenvalue weighted by atomic mass is 10.1. The van der Waals surface area contributed by atoms with Crippen molar-refractivity contribution >= 4 is 40.5 Å². The van der Waals surface area contributed by atoms with Gasteiger partial charge in [-0.05, 0) is 24.6 Å². The number of aryl methyl sites for hydroxylation is 2. The number of hydrogen-bond acceptors (Lipinski definition) is 4. The van der Waals surface area contributed by atoms with E-state index in [1.54, 1.807) is 36.3 Å². The van der Waals surface area contributed by atoms with Crippen LogP contribution in [0.3, 0.4) is 0 Å². The van der Waals surface area contributed by atoms with E-state index in [2.05, 4.69) is 15.5 Å². The minimum atomic E-state index is -0.348. The van der Waals surface area contributed by atoms with Crippen LogP contribution in [-0.2, 0) is 16.6 Å². The molecule has 24 heavy (non-hydrogen) atoms. The SMILES string of the molecule is Cc1ccc(N2N=C(C(=O)Nc3cnn(C)c3)CCC2=O)cc1Cl. The fourth-order valence-corrected chi connectivity index (χ4v) is 2.50. The van der Waals surface area contributed by atoms with Gasteiger partial charge in [0.1, 0.15) is 5.71 Å². The molecule has 8 heteroatoms. The zero-order valence-corrected chi connectivity index (χ0v) is 14.0. The Kier molecular flexibility index (Phi) is 4.35. The molecule has 1 aliphatic heterocycles. The Hall–Kier alpha value is -2.67. The predicted molar refractivity (Wildman–Crippen MR) is 92.2 cm³/mol. The molecule has 0 saturated heterocycles. The lowest BCUT2D eigenvalue weighted by molar-refractivity contribution is -0.118. The lowest BCUT2D eigenvalue weighted by Crippen LogP contribution is -2.36. The standard InChI is InChI=1S/C16H16ClN5O2/c1-10-3-4-12(7-13(10)17)22-15(23)6-5-14(20-22)16(24)19-11-8-18-21(2)9-11/h3-4,7-9H,5-6H2,1-2H3,(H,19,24). The van der Waals surface area contributed by atoms with E-state index in [0.717, 1.165) is 5.56 Å². The Labute approximate surface area is 143 Å². The molecule has 1 aromatic carbocycles. The van der Waals surface area contributed by atoms with Crippen molar-refractivity contribution in [3.8, 4) is 0 Å². The van der Waals surface area contributed by atoms with E-state index in [1.165, 1.54) is 5.01 Å². The van der Waals surface area contributed by atoms with Gasteiger partial charge in [-0.2, -0.15) is 10.2 Å². The molecule has 2 aromatic rings. The summed E-state index contributed by atoms with van der Waals surface area (Å²) < 4.78 is 1.59. The third kappa shape index (κ3) is 3.30. The smallest absolute Gasteiger partial charge is 0.271 e. The first-order chi connectivity index (χ1) is 11.4. The summed E-state index contributed by atoms with van der Waals surface area (Å²) in [4.78, 5) is 24.5. The number of hydrogen-bond donors (Lipinski definition) is 1. The number of halogens is 1. The van der Waals surface area contributed by atoms with Crippen LogP contribution in [0.1, 0.15) is 18.4 Å². The van der Waals surface area contributed by atoms with Crippen molar-refractivity contribution in [1.82, 2.24) is 9.78 Å². The van der Waals surface area contributed by atoms with E-state index in [9.17, 15) is 9.59 Å². The molecule has 1 N–H and O–H groups in total. The highest BCUT2D eigenvalue weighted by Crippen LogP contribution is 2.26. The van der Waals surface area contributed by atoms with Crippen LogP contribution in [0, 0.1) is 6.92 Å². The summed E-state index contributed by atoms with van der Waals surface area (Å²) in [6.45, 7) is 1.88. The van der Waals surface area contributed by atoms with E-state index in [0.29, 0.717) is 22.8 Å². The first-order valence-corrected chi connectivity index (χ1v) is 7.78. The van der Waals surface area contributed by atoms with Crippen molar-refractivity contribution in [2.75, 3.05) is 10.3 Å². The number of benzene rings is 1. The number of hydrazone groups is 1. The first kappa shape index (κ1) is 16.2. The Morgan fingerprint density at radius 1 is 1.33 bits per heavy atom. The predicted octanol–water partition coefficient (Wildman–Crippen LogP) is 2.50. The summed E-state index contributed by atoms with van der Waals surface area (Å²) >= 11 is 6.11. The fraction of sp³-hybridized carbons (Fsp3) is 0.250. The highest BCUT2D eigenvalue weighted by Gasteiger charge is 2.26. The highest BCUT2D eigenvalue weighted by molar-refractivity contribution is 6.44. The van der Waals surface area contributed by atoms with Gasteiger partial charge in [-0.3, -0.25) is 14.3 Å². The second kappa shape index (κ2) is 6.45. The maximum Gasteiger partial charge on any atom is 0.271 e. The van der Waals surface area contributed by atoms with Crippen LogP contribution in [0.5, 0.6) is 0 Å². The van der Waals surface area contributed by atoms with Crippen molar-refractivity contribution < 1.29 is 9.59 Å². The molecule has 0 bridgehead atoms. The van der Waals surface area contributed by atoms with Gasteiger partial charge >= 0.3 is 0 Å². The van der Waals surface area contributed by atoms with Gasteiger partial charge in [0.2, 0.25) is 5.91 Å². The summed E-state index contributed by atoms with van der Waals surface area (Å²) in [5, 5.41) is 12.7. The van der Waals surface area contributed by atoms with E-state index in [4.69, 9.17) is 11.6 Å². The quantitative estimate of drug-likeness (QED) is 0.928. The van der Waals surface area contributed by atoms with Gasteiger partial charge in [0.25, 0.3) is 5.91 Å². The normalized spacial score (nSPS) is 14.5. The van der Waals surface area contributed by atoms with Crippen LogP contribution < -0.4 is 10.3 Å². The molecule has 0 atom stereocenters. The summed E-state index contributed by atoms with van der Waals surface area (Å²) in [7, 11) is 1.76. The summed E-state index contributed by atoms with van der Waals surface area (Å²) in [6, 6.07) is 5.23.